The zero-order valence-electron chi connectivity index (χ0n) is 11.0. The number of hydrogen-bond acceptors (Lipinski definition) is 3. The van der Waals surface area contributed by atoms with Crippen molar-refractivity contribution >= 4 is 0 Å². The number of nitrogens with two attached hydrogens (primary N) is 1. The van der Waals surface area contributed by atoms with Gasteiger partial charge >= 0.3 is 0 Å². The highest BCUT2D eigenvalue weighted by Gasteiger charge is 2.38. The van der Waals surface area contributed by atoms with Crippen molar-refractivity contribution in [1.29, 1.82) is 0 Å². The second-order valence-corrected chi connectivity index (χ2v) is 5.67. The van der Waals surface area contributed by atoms with Crippen molar-refractivity contribution in [1.82, 2.24) is 4.90 Å². The molecule has 18 heavy (non-hydrogen) atoms. The van der Waals surface area contributed by atoms with Crippen molar-refractivity contribution in [2.75, 3.05) is 20.2 Å². The molecule has 3 atom stereocenters. The molecule has 2 N–H and O–H groups in total. The average molecular weight is 246 g/mol. The minimum Gasteiger partial charge on any atom is -0.497 e. The van der Waals surface area contributed by atoms with Crippen LogP contribution in [0.4, 0.5) is 0 Å². The molecular weight excluding hydrogens is 224 g/mol. The van der Waals surface area contributed by atoms with Crippen LogP contribution in [-0.4, -0.2) is 31.1 Å². The molecule has 3 heteroatoms. The number of ether oxygens (including phenoxy) is 1. The van der Waals surface area contributed by atoms with Crippen LogP contribution in [0.5, 0.6) is 5.75 Å². The molecule has 1 aliphatic carbocycles. The zero-order valence-corrected chi connectivity index (χ0v) is 11.0. The topological polar surface area (TPSA) is 38.5 Å². The van der Waals surface area contributed by atoms with Gasteiger partial charge in [-0.25, -0.2) is 0 Å². The summed E-state index contributed by atoms with van der Waals surface area (Å²) in [5.41, 5.74) is 7.51. The summed E-state index contributed by atoms with van der Waals surface area (Å²) in [7, 11) is 1.70. The molecule has 2 fully saturated rings. The third-order valence-corrected chi connectivity index (χ3v) is 4.48. The quantitative estimate of drug-likeness (QED) is 0.885. The average Bonchev–Trinajstić information content (AvgIpc) is 3.01. The molecule has 1 aliphatic heterocycles. The first-order valence-corrected chi connectivity index (χ1v) is 6.90. The lowest BCUT2D eigenvalue weighted by molar-refractivity contribution is 0.201. The molecule has 0 aromatic heterocycles. The van der Waals surface area contributed by atoms with Gasteiger partial charge in [0.2, 0.25) is 0 Å². The van der Waals surface area contributed by atoms with Gasteiger partial charge in [0.1, 0.15) is 5.75 Å². The summed E-state index contributed by atoms with van der Waals surface area (Å²) in [6.45, 7) is 2.23. The second-order valence-electron chi connectivity index (χ2n) is 5.67. The Morgan fingerprint density at radius 3 is 3.00 bits per heavy atom. The molecule has 1 saturated heterocycles. The van der Waals surface area contributed by atoms with E-state index in [0.717, 1.165) is 24.3 Å². The second kappa shape index (κ2) is 4.90. The Hall–Kier alpha value is -1.06. The summed E-state index contributed by atoms with van der Waals surface area (Å²) in [6.07, 6.45) is 4.19. The van der Waals surface area contributed by atoms with E-state index in [-0.39, 0.29) is 6.04 Å². The lowest BCUT2D eigenvalue weighted by Crippen LogP contribution is -2.37. The molecule has 1 aromatic carbocycles. The fraction of sp³-hybridized carbons (Fsp3) is 0.600. The van der Waals surface area contributed by atoms with Crippen molar-refractivity contribution in [3.63, 3.8) is 0 Å². The maximum absolute atomic E-state index is 6.33. The molecule has 1 heterocycles. The van der Waals surface area contributed by atoms with Crippen LogP contribution in [0.15, 0.2) is 24.3 Å². The van der Waals surface area contributed by atoms with Gasteiger partial charge < -0.3 is 10.5 Å². The van der Waals surface area contributed by atoms with Crippen LogP contribution in [0, 0.1) is 5.92 Å². The highest BCUT2D eigenvalue weighted by atomic mass is 16.5. The van der Waals surface area contributed by atoms with Crippen molar-refractivity contribution in [3.8, 4) is 5.75 Å². The van der Waals surface area contributed by atoms with Crippen LogP contribution >= 0.6 is 0 Å². The smallest absolute Gasteiger partial charge is 0.119 e. The first kappa shape index (κ1) is 12.0. The SMILES string of the molecule is COc1cccc(C(N)CN2CC3CCC2C3)c1. The number of piperidine rings is 1. The van der Waals surface area contributed by atoms with Crippen molar-refractivity contribution in [2.45, 2.75) is 31.3 Å². The zero-order chi connectivity index (χ0) is 12.5. The molecule has 0 spiro atoms. The van der Waals surface area contributed by atoms with Crippen LogP contribution in [0.2, 0.25) is 0 Å². The van der Waals surface area contributed by atoms with E-state index in [1.54, 1.807) is 7.11 Å². The molecule has 2 aliphatic rings. The molecule has 0 amide bonds. The number of hydrogen-bond donors (Lipinski definition) is 1. The maximum atomic E-state index is 6.33. The van der Waals surface area contributed by atoms with Crippen LogP contribution in [0.25, 0.3) is 0 Å². The van der Waals surface area contributed by atoms with Crippen LogP contribution < -0.4 is 10.5 Å². The van der Waals surface area contributed by atoms with E-state index in [9.17, 15) is 0 Å². The van der Waals surface area contributed by atoms with Crippen molar-refractivity contribution < 1.29 is 4.74 Å². The van der Waals surface area contributed by atoms with Gasteiger partial charge in [0.05, 0.1) is 7.11 Å². The molecule has 1 saturated carbocycles. The van der Waals surface area contributed by atoms with E-state index >= 15 is 0 Å². The number of nitrogens with zero attached hydrogens (tertiary/aromatic N) is 1. The molecule has 1 aromatic rings. The Kier molecular flexibility index (Phi) is 3.27. The molecular formula is C15H22N2O. The van der Waals surface area contributed by atoms with Gasteiger partial charge in [0, 0.05) is 25.2 Å². The predicted molar refractivity (Wildman–Crippen MR) is 72.6 cm³/mol. The van der Waals surface area contributed by atoms with E-state index in [2.05, 4.69) is 17.0 Å². The first-order valence-electron chi connectivity index (χ1n) is 6.90. The largest absolute Gasteiger partial charge is 0.497 e. The minimum atomic E-state index is 0.0967. The normalized spacial score (nSPS) is 28.6. The Morgan fingerprint density at radius 2 is 2.33 bits per heavy atom. The molecule has 3 rings (SSSR count). The molecule has 98 valence electrons. The van der Waals surface area contributed by atoms with Crippen LogP contribution in [0.3, 0.4) is 0 Å². The first-order chi connectivity index (χ1) is 8.76. The van der Waals surface area contributed by atoms with E-state index in [1.165, 1.54) is 31.4 Å². The monoisotopic (exact) mass is 246 g/mol. The summed E-state index contributed by atoms with van der Waals surface area (Å²) in [4.78, 5) is 2.58. The third kappa shape index (κ3) is 2.25. The number of rotatable bonds is 4. The Balaban J connectivity index is 1.65. The van der Waals surface area contributed by atoms with E-state index in [4.69, 9.17) is 10.5 Å². The summed E-state index contributed by atoms with van der Waals surface area (Å²) >= 11 is 0. The Morgan fingerprint density at radius 1 is 1.44 bits per heavy atom. The van der Waals surface area contributed by atoms with Crippen LogP contribution in [-0.2, 0) is 0 Å². The van der Waals surface area contributed by atoms with Gasteiger partial charge in [-0.15, -0.1) is 0 Å². The lowest BCUT2D eigenvalue weighted by atomic mass is 10.0. The van der Waals surface area contributed by atoms with Gasteiger partial charge in [0.25, 0.3) is 0 Å². The predicted octanol–water partition coefficient (Wildman–Crippen LogP) is 2.18. The van der Waals surface area contributed by atoms with Gasteiger partial charge in [-0.2, -0.15) is 0 Å². The van der Waals surface area contributed by atoms with Crippen molar-refractivity contribution in [3.05, 3.63) is 29.8 Å². The van der Waals surface area contributed by atoms with Gasteiger partial charge in [-0.3, -0.25) is 4.90 Å². The van der Waals surface area contributed by atoms with Gasteiger partial charge in [-0.05, 0) is 42.9 Å². The highest BCUT2D eigenvalue weighted by molar-refractivity contribution is 5.30. The maximum Gasteiger partial charge on any atom is 0.119 e. The lowest BCUT2D eigenvalue weighted by Gasteiger charge is -2.29. The number of methoxy groups -OCH3 is 1. The summed E-state index contributed by atoms with van der Waals surface area (Å²) in [5.74, 6) is 1.83. The summed E-state index contributed by atoms with van der Waals surface area (Å²) in [5, 5.41) is 0. The highest BCUT2D eigenvalue weighted by Crippen LogP contribution is 2.38. The van der Waals surface area contributed by atoms with Gasteiger partial charge in [-0.1, -0.05) is 12.1 Å². The molecule has 0 radical (unpaired) electrons. The molecule has 2 bridgehead atoms. The molecule has 3 unspecified atom stereocenters. The molecule has 3 nitrogen and oxygen atoms in total. The van der Waals surface area contributed by atoms with Crippen molar-refractivity contribution in [2.24, 2.45) is 11.7 Å². The van der Waals surface area contributed by atoms with E-state index in [0.29, 0.717) is 0 Å². The number of fused-ring (bicyclic) bond motifs is 2. The van der Waals surface area contributed by atoms with Crippen LogP contribution in [0.1, 0.15) is 30.9 Å². The van der Waals surface area contributed by atoms with Gasteiger partial charge in [0.15, 0.2) is 0 Å². The standard InChI is InChI=1S/C15H22N2O/c1-18-14-4-2-3-12(8-14)15(16)10-17-9-11-5-6-13(17)7-11/h2-4,8,11,13,15H,5-7,9-10,16H2,1H3. The number of likely N-dealkylation sites (tertiary alicyclic amines) is 1. The fourth-order valence-corrected chi connectivity index (χ4v) is 3.48. The minimum absolute atomic E-state index is 0.0967. The summed E-state index contributed by atoms with van der Waals surface area (Å²) < 4.78 is 5.26. The van der Waals surface area contributed by atoms with E-state index in [1.807, 2.05) is 12.1 Å². The number of benzene rings is 1. The Labute approximate surface area is 109 Å². The van der Waals surface area contributed by atoms with E-state index < -0.39 is 0 Å². The summed E-state index contributed by atoms with van der Waals surface area (Å²) in [6, 6.07) is 9.03. The third-order valence-electron chi connectivity index (χ3n) is 4.48. The Bertz CT molecular complexity index is 421. The fourth-order valence-electron chi connectivity index (χ4n) is 3.48.